The second-order valence-electron chi connectivity index (χ2n) is 3.85. The lowest BCUT2D eigenvalue weighted by atomic mass is 10.2. The van der Waals surface area contributed by atoms with Crippen LogP contribution in [0.5, 0.6) is 0 Å². The average molecular weight is 277 g/mol. The Morgan fingerprint density at radius 3 is 2.21 bits per heavy atom. The Kier molecular flexibility index (Phi) is 3.57. The van der Waals surface area contributed by atoms with E-state index >= 15 is 0 Å². The van der Waals surface area contributed by atoms with E-state index in [4.69, 9.17) is 0 Å². The van der Waals surface area contributed by atoms with Crippen LogP contribution in [0.15, 0.2) is 47.9 Å². The van der Waals surface area contributed by atoms with Gasteiger partial charge in [-0.2, -0.15) is 0 Å². The van der Waals surface area contributed by atoms with E-state index in [1.54, 1.807) is 30.3 Å². The van der Waals surface area contributed by atoms with E-state index in [-0.39, 0.29) is 11.1 Å². The number of carbonyl (C=O) groups is 1. The molecule has 0 spiro atoms. The van der Waals surface area contributed by atoms with Gasteiger partial charge in [0, 0.05) is 11.8 Å². The number of nitrogens with zero attached hydrogens (tertiary/aromatic N) is 2. The van der Waals surface area contributed by atoms with Crippen molar-refractivity contribution in [1.29, 1.82) is 0 Å². The van der Waals surface area contributed by atoms with Gasteiger partial charge in [0.2, 0.25) is 15.0 Å². The molecule has 0 aliphatic carbocycles. The molecule has 0 fully saturated rings. The van der Waals surface area contributed by atoms with E-state index in [0.717, 1.165) is 6.26 Å². The summed E-state index contributed by atoms with van der Waals surface area (Å²) in [6.45, 7) is 0. The van der Waals surface area contributed by atoms with Crippen LogP contribution in [-0.2, 0) is 9.84 Å². The third-order valence-electron chi connectivity index (χ3n) is 2.25. The van der Waals surface area contributed by atoms with Crippen molar-refractivity contribution in [3.63, 3.8) is 0 Å². The van der Waals surface area contributed by atoms with Crippen LogP contribution in [0.3, 0.4) is 0 Å². The average Bonchev–Trinajstić information content (AvgIpc) is 2.39. The summed E-state index contributed by atoms with van der Waals surface area (Å²) in [4.78, 5) is 19.2. The molecule has 2 aromatic rings. The fourth-order valence-electron chi connectivity index (χ4n) is 1.37. The molecule has 0 bridgehead atoms. The number of sulfone groups is 1. The minimum Gasteiger partial charge on any atom is -0.319 e. The molecule has 0 atom stereocenters. The smallest absolute Gasteiger partial charge is 0.255 e. The predicted octanol–water partition coefficient (Wildman–Crippen LogP) is 1.13. The molecule has 0 saturated carbocycles. The molecule has 1 amide bonds. The van der Waals surface area contributed by atoms with Crippen LogP contribution in [-0.4, -0.2) is 30.5 Å². The summed E-state index contributed by atoms with van der Waals surface area (Å²) < 4.78 is 22.4. The van der Waals surface area contributed by atoms with Crippen molar-refractivity contribution in [1.82, 2.24) is 9.97 Å². The largest absolute Gasteiger partial charge is 0.319 e. The number of hydrogen-bond donors (Lipinski definition) is 1. The Labute approximate surface area is 110 Å². The van der Waals surface area contributed by atoms with Crippen molar-refractivity contribution >= 4 is 21.4 Å². The zero-order valence-electron chi connectivity index (χ0n) is 10.1. The summed E-state index contributed by atoms with van der Waals surface area (Å²) >= 11 is 0. The van der Waals surface area contributed by atoms with Gasteiger partial charge in [0.1, 0.15) is 0 Å². The van der Waals surface area contributed by atoms with Gasteiger partial charge in [-0.15, -0.1) is 0 Å². The van der Waals surface area contributed by atoms with E-state index in [1.807, 2.05) is 0 Å². The van der Waals surface area contributed by atoms with Crippen molar-refractivity contribution in [3.8, 4) is 0 Å². The highest BCUT2D eigenvalue weighted by molar-refractivity contribution is 7.90. The maximum Gasteiger partial charge on any atom is 0.255 e. The van der Waals surface area contributed by atoms with Gasteiger partial charge in [0.05, 0.1) is 18.1 Å². The van der Waals surface area contributed by atoms with E-state index < -0.39 is 9.84 Å². The van der Waals surface area contributed by atoms with Crippen LogP contribution in [0.2, 0.25) is 0 Å². The number of amides is 1. The Balaban J connectivity index is 2.15. The Bertz CT molecular complexity index is 682. The third-order valence-corrected chi connectivity index (χ3v) is 3.13. The van der Waals surface area contributed by atoms with Crippen molar-refractivity contribution in [2.45, 2.75) is 5.16 Å². The first-order valence-corrected chi connectivity index (χ1v) is 7.24. The standard InChI is InChI=1S/C12H11N3O3S/c1-19(17,18)12-13-7-10(8-14-12)15-11(16)9-5-3-2-4-6-9/h2-8H,1H3,(H,15,16). The van der Waals surface area contributed by atoms with E-state index in [9.17, 15) is 13.2 Å². The molecule has 1 heterocycles. The van der Waals surface area contributed by atoms with Gasteiger partial charge < -0.3 is 5.32 Å². The molecular formula is C12H11N3O3S. The molecule has 0 radical (unpaired) electrons. The maximum atomic E-state index is 11.8. The van der Waals surface area contributed by atoms with Gasteiger partial charge in [-0.1, -0.05) is 18.2 Å². The van der Waals surface area contributed by atoms with Crippen LogP contribution >= 0.6 is 0 Å². The highest BCUT2D eigenvalue weighted by atomic mass is 32.2. The minimum atomic E-state index is -3.44. The van der Waals surface area contributed by atoms with Crippen LogP contribution in [0.4, 0.5) is 5.69 Å². The summed E-state index contributed by atoms with van der Waals surface area (Å²) in [5.74, 6) is -0.309. The number of anilines is 1. The first-order valence-electron chi connectivity index (χ1n) is 5.35. The van der Waals surface area contributed by atoms with Gasteiger partial charge in [-0.3, -0.25) is 4.79 Å². The summed E-state index contributed by atoms with van der Waals surface area (Å²) in [6.07, 6.45) is 3.53. The molecule has 19 heavy (non-hydrogen) atoms. The van der Waals surface area contributed by atoms with Crippen LogP contribution < -0.4 is 5.32 Å². The fraction of sp³-hybridized carbons (Fsp3) is 0.0833. The predicted molar refractivity (Wildman–Crippen MR) is 69.5 cm³/mol. The second-order valence-corrected chi connectivity index (χ2v) is 5.76. The molecule has 6 nitrogen and oxygen atoms in total. The number of benzene rings is 1. The van der Waals surface area contributed by atoms with Crippen LogP contribution in [0.25, 0.3) is 0 Å². The molecule has 2 rings (SSSR count). The number of nitrogens with one attached hydrogen (secondary N) is 1. The number of hydrogen-bond acceptors (Lipinski definition) is 5. The molecule has 7 heteroatoms. The summed E-state index contributed by atoms with van der Waals surface area (Å²) in [7, 11) is -3.44. The highest BCUT2D eigenvalue weighted by Crippen LogP contribution is 2.08. The van der Waals surface area contributed by atoms with Gasteiger partial charge in [0.25, 0.3) is 5.91 Å². The Morgan fingerprint density at radius 2 is 1.68 bits per heavy atom. The van der Waals surface area contributed by atoms with E-state index in [0.29, 0.717) is 11.3 Å². The van der Waals surface area contributed by atoms with Gasteiger partial charge in [-0.25, -0.2) is 18.4 Å². The van der Waals surface area contributed by atoms with E-state index in [1.165, 1.54) is 12.4 Å². The highest BCUT2D eigenvalue weighted by Gasteiger charge is 2.11. The topological polar surface area (TPSA) is 89.0 Å². The molecule has 98 valence electrons. The van der Waals surface area contributed by atoms with Crippen molar-refractivity contribution in [3.05, 3.63) is 48.3 Å². The van der Waals surface area contributed by atoms with Crippen LogP contribution in [0.1, 0.15) is 10.4 Å². The molecule has 0 aliphatic heterocycles. The maximum absolute atomic E-state index is 11.8. The van der Waals surface area contributed by atoms with Crippen molar-refractivity contribution in [2.24, 2.45) is 0 Å². The molecule has 1 N–H and O–H groups in total. The molecule has 0 unspecified atom stereocenters. The van der Waals surface area contributed by atoms with E-state index in [2.05, 4.69) is 15.3 Å². The number of aromatic nitrogens is 2. The lowest BCUT2D eigenvalue weighted by Crippen LogP contribution is -2.13. The number of carbonyl (C=O) groups excluding carboxylic acids is 1. The van der Waals surface area contributed by atoms with Crippen molar-refractivity contribution < 1.29 is 13.2 Å². The third kappa shape index (κ3) is 3.35. The van der Waals surface area contributed by atoms with Gasteiger partial charge in [0.15, 0.2) is 0 Å². The van der Waals surface area contributed by atoms with Crippen LogP contribution in [0, 0.1) is 0 Å². The lowest BCUT2D eigenvalue weighted by Gasteiger charge is -2.04. The molecule has 1 aromatic carbocycles. The van der Waals surface area contributed by atoms with Crippen molar-refractivity contribution in [2.75, 3.05) is 11.6 Å². The van der Waals surface area contributed by atoms with Gasteiger partial charge >= 0.3 is 0 Å². The Hall–Kier alpha value is -2.28. The molecule has 0 saturated heterocycles. The number of rotatable bonds is 3. The SMILES string of the molecule is CS(=O)(=O)c1ncc(NC(=O)c2ccccc2)cn1. The normalized spacial score (nSPS) is 11.0. The Morgan fingerprint density at radius 1 is 1.11 bits per heavy atom. The summed E-state index contributed by atoms with van der Waals surface area (Å²) in [6, 6.07) is 8.64. The fourth-order valence-corrected chi connectivity index (χ4v) is 1.85. The van der Waals surface area contributed by atoms with Gasteiger partial charge in [-0.05, 0) is 12.1 Å². The molecule has 0 aliphatic rings. The second kappa shape index (κ2) is 5.15. The monoisotopic (exact) mass is 277 g/mol. The quantitative estimate of drug-likeness (QED) is 0.849. The summed E-state index contributed by atoms with van der Waals surface area (Å²) in [5.41, 5.74) is 0.830. The molecule has 1 aromatic heterocycles. The molecular weight excluding hydrogens is 266 g/mol. The lowest BCUT2D eigenvalue weighted by molar-refractivity contribution is 0.102. The first-order chi connectivity index (χ1) is 8.97. The summed E-state index contributed by atoms with van der Waals surface area (Å²) in [5, 5.41) is 2.31. The first kappa shape index (κ1) is 13.2. The zero-order valence-corrected chi connectivity index (χ0v) is 10.9. The zero-order chi connectivity index (χ0) is 13.9. The minimum absolute atomic E-state index is 0.273.